The van der Waals surface area contributed by atoms with Crippen LogP contribution in [0.4, 0.5) is 0 Å². The van der Waals surface area contributed by atoms with E-state index in [0.717, 1.165) is 43.1 Å². The molecule has 0 radical (unpaired) electrons. The first-order valence-electron chi connectivity index (χ1n) is 13.3. The summed E-state index contributed by atoms with van der Waals surface area (Å²) in [6, 6.07) is 14.9. The fraction of sp³-hybridized carbons (Fsp3) is 0.517. The number of amides is 2. The molecule has 1 unspecified atom stereocenters. The number of benzene rings is 2. The highest BCUT2D eigenvalue weighted by molar-refractivity contribution is 5.94. The molecule has 2 heterocycles. The summed E-state index contributed by atoms with van der Waals surface area (Å²) < 4.78 is 17.5. The summed E-state index contributed by atoms with van der Waals surface area (Å²) in [4.78, 5) is 29.8. The highest BCUT2D eigenvalue weighted by Gasteiger charge is 2.33. The minimum absolute atomic E-state index is 0.0816. The summed E-state index contributed by atoms with van der Waals surface area (Å²) in [5, 5.41) is 2.93. The fourth-order valence-electron chi connectivity index (χ4n) is 5.06. The van der Waals surface area contributed by atoms with Gasteiger partial charge in [-0.1, -0.05) is 24.3 Å². The van der Waals surface area contributed by atoms with Gasteiger partial charge in [0.15, 0.2) is 11.5 Å². The van der Waals surface area contributed by atoms with Gasteiger partial charge in [-0.3, -0.25) is 9.59 Å². The van der Waals surface area contributed by atoms with Crippen LogP contribution in [-0.2, 0) is 9.53 Å². The van der Waals surface area contributed by atoms with Crippen LogP contribution in [0.3, 0.4) is 0 Å². The summed E-state index contributed by atoms with van der Waals surface area (Å²) >= 11 is 0. The number of fused-ring (bicyclic) bond motifs is 1. The minimum atomic E-state index is -0.296. The third-order valence-corrected chi connectivity index (χ3v) is 7.17. The summed E-state index contributed by atoms with van der Waals surface area (Å²) in [5.74, 6) is 1.46. The van der Waals surface area contributed by atoms with E-state index < -0.39 is 0 Å². The summed E-state index contributed by atoms with van der Waals surface area (Å²) in [6.45, 7) is 4.44. The van der Waals surface area contributed by atoms with E-state index in [0.29, 0.717) is 38.2 Å². The van der Waals surface area contributed by atoms with Crippen molar-refractivity contribution in [2.24, 2.45) is 0 Å². The van der Waals surface area contributed by atoms with Crippen molar-refractivity contribution >= 4 is 11.8 Å². The Balaban J connectivity index is 1.36. The van der Waals surface area contributed by atoms with E-state index in [-0.39, 0.29) is 24.0 Å². The molecule has 1 N–H and O–H groups in total. The number of rotatable bonds is 12. The van der Waals surface area contributed by atoms with E-state index in [4.69, 9.17) is 14.2 Å². The van der Waals surface area contributed by atoms with Crippen molar-refractivity contribution in [1.82, 2.24) is 15.1 Å². The van der Waals surface area contributed by atoms with Gasteiger partial charge in [0.2, 0.25) is 5.91 Å². The lowest BCUT2D eigenvalue weighted by atomic mass is 9.99. The SMILES string of the molecule is COC(c1ccc2c(c1)OCCO2)[C@@H](CN1CCCC1)N(C)C(=O)CCCCNC(=O)c1ccccc1. The van der Waals surface area contributed by atoms with E-state index in [2.05, 4.69) is 10.2 Å². The smallest absolute Gasteiger partial charge is 0.251 e. The van der Waals surface area contributed by atoms with Crippen molar-refractivity contribution < 1.29 is 23.8 Å². The zero-order valence-corrected chi connectivity index (χ0v) is 22.0. The van der Waals surface area contributed by atoms with Crippen LogP contribution in [0.15, 0.2) is 48.5 Å². The standard InChI is InChI=1S/C29H39N3O5/c1-31(27(33)12-6-7-15-30-29(34)22-10-4-3-5-11-22)24(21-32-16-8-9-17-32)28(35-2)23-13-14-25-26(20-23)37-19-18-36-25/h3-5,10-11,13-14,20,24,28H,6-9,12,15-19,21H2,1-2H3,(H,30,34)/t24-,28?/m1/s1. The van der Waals surface area contributed by atoms with Crippen LogP contribution in [-0.4, -0.2) is 81.2 Å². The maximum absolute atomic E-state index is 13.3. The molecule has 200 valence electrons. The van der Waals surface area contributed by atoms with Gasteiger partial charge in [0, 0.05) is 39.2 Å². The lowest BCUT2D eigenvalue weighted by molar-refractivity contribution is -0.135. The van der Waals surface area contributed by atoms with E-state index in [9.17, 15) is 9.59 Å². The third-order valence-electron chi connectivity index (χ3n) is 7.17. The molecule has 1 saturated heterocycles. The van der Waals surface area contributed by atoms with E-state index in [1.54, 1.807) is 19.2 Å². The number of likely N-dealkylation sites (tertiary alicyclic amines) is 1. The molecule has 0 aromatic heterocycles. The average molecular weight is 510 g/mol. The Hall–Kier alpha value is -3.10. The maximum atomic E-state index is 13.3. The number of ether oxygens (including phenoxy) is 3. The lowest BCUT2D eigenvalue weighted by Gasteiger charge is -2.37. The predicted molar refractivity (Wildman–Crippen MR) is 142 cm³/mol. The highest BCUT2D eigenvalue weighted by Crippen LogP contribution is 2.35. The molecule has 2 atom stereocenters. The summed E-state index contributed by atoms with van der Waals surface area (Å²) in [7, 11) is 3.58. The van der Waals surface area contributed by atoms with E-state index >= 15 is 0 Å². The Bertz CT molecular complexity index is 1030. The average Bonchev–Trinajstić information content (AvgIpc) is 3.46. The van der Waals surface area contributed by atoms with Gasteiger partial charge in [-0.15, -0.1) is 0 Å². The Morgan fingerprint density at radius 1 is 1.03 bits per heavy atom. The van der Waals surface area contributed by atoms with Crippen molar-refractivity contribution in [2.45, 2.75) is 44.2 Å². The second-order valence-corrected chi connectivity index (χ2v) is 9.72. The van der Waals surface area contributed by atoms with Gasteiger partial charge >= 0.3 is 0 Å². The number of likely N-dealkylation sites (N-methyl/N-ethyl adjacent to an activating group) is 1. The van der Waals surface area contributed by atoms with Crippen molar-refractivity contribution in [3.8, 4) is 11.5 Å². The molecule has 2 aromatic carbocycles. The Morgan fingerprint density at radius 3 is 2.49 bits per heavy atom. The van der Waals surface area contributed by atoms with Crippen LogP contribution in [0.5, 0.6) is 11.5 Å². The molecule has 8 nitrogen and oxygen atoms in total. The molecule has 2 aliphatic heterocycles. The van der Waals surface area contributed by atoms with Gasteiger partial charge in [0.1, 0.15) is 19.3 Å². The van der Waals surface area contributed by atoms with Crippen molar-refractivity contribution in [3.63, 3.8) is 0 Å². The quantitative estimate of drug-likeness (QED) is 0.440. The first-order valence-corrected chi connectivity index (χ1v) is 13.3. The van der Waals surface area contributed by atoms with Crippen molar-refractivity contribution in [2.75, 3.05) is 53.6 Å². The van der Waals surface area contributed by atoms with Gasteiger partial charge in [-0.05, 0) is 68.6 Å². The number of hydrogen-bond donors (Lipinski definition) is 1. The van der Waals surface area contributed by atoms with Crippen LogP contribution in [0, 0.1) is 0 Å². The van der Waals surface area contributed by atoms with Gasteiger partial charge in [-0.25, -0.2) is 0 Å². The monoisotopic (exact) mass is 509 g/mol. The predicted octanol–water partition coefficient (Wildman–Crippen LogP) is 3.67. The first kappa shape index (κ1) is 26.9. The molecular formula is C29H39N3O5. The molecule has 37 heavy (non-hydrogen) atoms. The van der Waals surface area contributed by atoms with E-state index in [1.807, 2.05) is 48.3 Å². The van der Waals surface area contributed by atoms with Gasteiger partial charge in [-0.2, -0.15) is 0 Å². The van der Waals surface area contributed by atoms with Crippen LogP contribution >= 0.6 is 0 Å². The van der Waals surface area contributed by atoms with E-state index in [1.165, 1.54) is 12.8 Å². The topological polar surface area (TPSA) is 80.3 Å². The first-order chi connectivity index (χ1) is 18.1. The number of nitrogens with one attached hydrogen (secondary N) is 1. The van der Waals surface area contributed by atoms with Crippen LogP contribution in [0.25, 0.3) is 0 Å². The molecule has 0 spiro atoms. The molecule has 2 amide bonds. The molecule has 0 bridgehead atoms. The van der Waals surface area contributed by atoms with Gasteiger partial charge in [0.05, 0.1) is 6.04 Å². The number of unbranched alkanes of at least 4 members (excludes halogenated alkanes) is 1. The zero-order valence-electron chi connectivity index (χ0n) is 22.0. The summed E-state index contributed by atoms with van der Waals surface area (Å²) in [6.07, 6.45) is 3.93. The molecular weight excluding hydrogens is 470 g/mol. The lowest BCUT2D eigenvalue weighted by Crippen LogP contribution is -2.48. The van der Waals surface area contributed by atoms with Crippen LogP contribution in [0.1, 0.15) is 54.1 Å². The molecule has 8 heteroatoms. The second kappa shape index (κ2) is 13.4. The van der Waals surface area contributed by atoms with Crippen molar-refractivity contribution in [1.29, 1.82) is 0 Å². The second-order valence-electron chi connectivity index (χ2n) is 9.72. The molecule has 4 rings (SSSR count). The number of carbonyl (C=O) groups excluding carboxylic acids is 2. The van der Waals surface area contributed by atoms with Gasteiger partial charge in [0.25, 0.3) is 5.91 Å². The minimum Gasteiger partial charge on any atom is -0.486 e. The van der Waals surface area contributed by atoms with Crippen LogP contribution < -0.4 is 14.8 Å². The Kier molecular flexibility index (Phi) is 9.79. The molecule has 2 aliphatic rings. The van der Waals surface area contributed by atoms with Crippen LogP contribution in [0.2, 0.25) is 0 Å². The molecule has 2 aromatic rings. The summed E-state index contributed by atoms with van der Waals surface area (Å²) in [5.41, 5.74) is 1.62. The number of methoxy groups -OCH3 is 1. The van der Waals surface area contributed by atoms with Crippen molar-refractivity contribution in [3.05, 3.63) is 59.7 Å². The highest BCUT2D eigenvalue weighted by atomic mass is 16.6. The number of hydrogen-bond acceptors (Lipinski definition) is 6. The maximum Gasteiger partial charge on any atom is 0.251 e. The van der Waals surface area contributed by atoms with Gasteiger partial charge < -0.3 is 29.3 Å². The fourth-order valence-corrected chi connectivity index (χ4v) is 5.06. The molecule has 1 fully saturated rings. The molecule has 0 saturated carbocycles. The largest absolute Gasteiger partial charge is 0.486 e. The Morgan fingerprint density at radius 2 is 1.76 bits per heavy atom. The number of carbonyl (C=O) groups is 2. The molecule has 0 aliphatic carbocycles. The zero-order chi connectivity index (χ0) is 26.0. The normalized spacial score (nSPS) is 16.7. The Labute approximate surface area is 219 Å². The third kappa shape index (κ3) is 7.23. The number of nitrogens with zero attached hydrogens (tertiary/aromatic N) is 2.